The second kappa shape index (κ2) is 6.02. The Morgan fingerprint density at radius 1 is 1.32 bits per heavy atom. The van der Waals surface area contributed by atoms with Crippen LogP contribution in [0.3, 0.4) is 0 Å². The average Bonchev–Trinajstić information content (AvgIpc) is 2.41. The van der Waals surface area contributed by atoms with Gasteiger partial charge in [-0.15, -0.1) is 0 Å². The fourth-order valence-electron chi connectivity index (χ4n) is 2.29. The molecule has 2 N–H and O–H groups in total. The van der Waals surface area contributed by atoms with Crippen LogP contribution >= 0.6 is 0 Å². The minimum Gasteiger partial charge on any atom is -0.393 e. The van der Waals surface area contributed by atoms with Crippen molar-refractivity contribution in [3.8, 4) is 0 Å². The van der Waals surface area contributed by atoms with E-state index in [1.54, 1.807) is 26.4 Å². The normalized spacial score (nSPS) is 22.9. The molecule has 1 aliphatic carbocycles. The molecule has 0 aromatic carbocycles. The van der Waals surface area contributed by atoms with Crippen LogP contribution in [0.2, 0.25) is 0 Å². The number of aliphatic hydroxyl groups is 1. The molecule has 1 saturated carbocycles. The van der Waals surface area contributed by atoms with Gasteiger partial charge in [0.15, 0.2) is 0 Å². The van der Waals surface area contributed by atoms with Crippen molar-refractivity contribution in [2.75, 3.05) is 19.4 Å². The molecule has 1 amide bonds. The van der Waals surface area contributed by atoms with Gasteiger partial charge in [-0.3, -0.25) is 4.79 Å². The molecule has 0 atom stereocenters. The summed E-state index contributed by atoms with van der Waals surface area (Å²) >= 11 is 0. The van der Waals surface area contributed by atoms with Crippen LogP contribution in [-0.2, 0) is 0 Å². The molecule has 5 heteroatoms. The van der Waals surface area contributed by atoms with Crippen molar-refractivity contribution in [2.24, 2.45) is 0 Å². The largest absolute Gasteiger partial charge is 0.393 e. The highest BCUT2D eigenvalue weighted by molar-refractivity contribution is 5.93. The molecule has 1 fully saturated rings. The number of nitrogens with zero attached hydrogens (tertiary/aromatic N) is 2. The van der Waals surface area contributed by atoms with Crippen molar-refractivity contribution in [1.82, 2.24) is 9.88 Å². The quantitative estimate of drug-likeness (QED) is 0.867. The number of aromatic nitrogens is 1. The minimum absolute atomic E-state index is 0.0418. The van der Waals surface area contributed by atoms with Crippen molar-refractivity contribution in [1.29, 1.82) is 0 Å². The summed E-state index contributed by atoms with van der Waals surface area (Å²) in [6.07, 6.45) is 5.06. The predicted molar refractivity (Wildman–Crippen MR) is 74.1 cm³/mol. The third-order valence-corrected chi connectivity index (χ3v) is 3.47. The number of anilines is 1. The first-order chi connectivity index (χ1) is 9.06. The highest BCUT2D eigenvalue weighted by Crippen LogP contribution is 2.21. The summed E-state index contributed by atoms with van der Waals surface area (Å²) in [6.45, 7) is 0. The van der Waals surface area contributed by atoms with E-state index in [9.17, 15) is 9.90 Å². The van der Waals surface area contributed by atoms with Gasteiger partial charge in [-0.25, -0.2) is 4.98 Å². The van der Waals surface area contributed by atoms with E-state index in [4.69, 9.17) is 0 Å². The van der Waals surface area contributed by atoms with E-state index in [0.717, 1.165) is 31.5 Å². The Bertz CT molecular complexity index is 423. The average molecular weight is 263 g/mol. The zero-order valence-corrected chi connectivity index (χ0v) is 11.5. The van der Waals surface area contributed by atoms with Crippen molar-refractivity contribution in [3.63, 3.8) is 0 Å². The summed E-state index contributed by atoms with van der Waals surface area (Å²) in [7, 11) is 3.45. The Balaban J connectivity index is 1.93. The lowest BCUT2D eigenvalue weighted by Crippen LogP contribution is -2.28. The molecule has 2 rings (SSSR count). The Labute approximate surface area is 113 Å². The third-order valence-electron chi connectivity index (χ3n) is 3.47. The predicted octanol–water partition coefficient (Wildman–Crippen LogP) is 1.50. The molecule has 0 radical (unpaired) electrons. The number of amides is 1. The Hall–Kier alpha value is -1.62. The minimum atomic E-state index is -0.147. The molecule has 1 heterocycles. The molecule has 0 aliphatic heterocycles. The van der Waals surface area contributed by atoms with E-state index in [2.05, 4.69) is 10.3 Å². The topological polar surface area (TPSA) is 65.5 Å². The van der Waals surface area contributed by atoms with Crippen LogP contribution in [0.25, 0.3) is 0 Å². The second-order valence-electron chi connectivity index (χ2n) is 5.28. The summed E-state index contributed by atoms with van der Waals surface area (Å²) in [6, 6.07) is 3.99. The fraction of sp³-hybridized carbons (Fsp3) is 0.571. The molecule has 0 bridgehead atoms. The SMILES string of the molecule is CN(C)C(=O)c1ccc(NC2CCC(O)CC2)nc1. The maximum absolute atomic E-state index is 11.7. The zero-order chi connectivity index (χ0) is 13.8. The molecule has 1 aromatic rings. The molecule has 19 heavy (non-hydrogen) atoms. The molecular weight excluding hydrogens is 242 g/mol. The molecule has 0 saturated heterocycles. The van der Waals surface area contributed by atoms with Gasteiger partial charge in [0.2, 0.25) is 0 Å². The molecule has 5 nitrogen and oxygen atoms in total. The van der Waals surface area contributed by atoms with E-state index >= 15 is 0 Å². The van der Waals surface area contributed by atoms with Gasteiger partial charge >= 0.3 is 0 Å². The van der Waals surface area contributed by atoms with Crippen LogP contribution in [0.4, 0.5) is 5.82 Å². The van der Waals surface area contributed by atoms with E-state index in [1.165, 1.54) is 4.90 Å². The monoisotopic (exact) mass is 263 g/mol. The number of nitrogens with one attached hydrogen (secondary N) is 1. The number of carbonyl (C=O) groups excluding carboxylic acids is 1. The first kappa shape index (κ1) is 13.8. The third kappa shape index (κ3) is 3.67. The van der Waals surface area contributed by atoms with Crippen LogP contribution in [0.1, 0.15) is 36.0 Å². The van der Waals surface area contributed by atoms with E-state index in [0.29, 0.717) is 11.6 Å². The van der Waals surface area contributed by atoms with E-state index in [-0.39, 0.29) is 12.0 Å². The zero-order valence-electron chi connectivity index (χ0n) is 11.5. The van der Waals surface area contributed by atoms with Crippen molar-refractivity contribution < 1.29 is 9.90 Å². The number of aliphatic hydroxyl groups excluding tert-OH is 1. The smallest absolute Gasteiger partial charge is 0.254 e. The summed E-state index contributed by atoms with van der Waals surface area (Å²) in [5.74, 6) is 0.747. The molecule has 1 aromatic heterocycles. The number of carbonyl (C=O) groups is 1. The second-order valence-corrected chi connectivity index (χ2v) is 5.28. The number of hydrogen-bond acceptors (Lipinski definition) is 4. The van der Waals surface area contributed by atoms with E-state index in [1.807, 2.05) is 6.07 Å². The van der Waals surface area contributed by atoms with Gasteiger partial charge in [-0.05, 0) is 37.8 Å². The molecule has 1 aliphatic rings. The van der Waals surface area contributed by atoms with Crippen LogP contribution in [0.15, 0.2) is 18.3 Å². The Morgan fingerprint density at radius 3 is 2.53 bits per heavy atom. The highest BCUT2D eigenvalue weighted by Gasteiger charge is 2.19. The van der Waals surface area contributed by atoms with Crippen LogP contribution in [0.5, 0.6) is 0 Å². The lowest BCUT2D eigenvalue weighted by atomic mass is 9.93. The Kier molecular flexibility index (Phi) is 4.37. The Morgan fingerprint density at radius 2 is 2.00 bits per heavy atom. The molecular formula is C14H21N3O2. The summed E-state index contributed by atoms with van der Waals surface area (Å²) in [5.41, 5.74) is 0.592. The maximum Gasteiger partial charge on any atom is 0.254 e. The molecule has 104 valence electrons. The van der Waals surface area contributed by atoms with Gasteiger partial charge < -0.3 is 15.3 Å². The lowest BCUT2D eigenvalue weighted by molar-refractivity contribution is 0.0827. The first-order valence-electron chi connectivity index (χ1n) is 6.68. The number of pyridine rings is 1. The molecule has 0 unspecified atom stereocenters. The van der Waals surface area contributed by atoms with Crippen molar-refractivity contribution in [3.05, 3.63) is 23.9 Å². The van der Waals surface area contributed by atoms with Gasteiger partial charge in [-0.1, -0.05) is 0 Å². The van der Waals surface area contributed by atoms with Gasteiger partial charge in [-0.2, -0.15) is 0 Å². The fourth-order valence-corrected chi connectivity index (χ4v) is 2.29. The van der Waals surface area contributed by atoms with Gasteiger partial charge in [0.1, 0.15) is 5.82 Å². The van der Waals surface area contributed by atoms with Crippen molar-refractivity contribution in [2.45, 2.75) is 37.8 Å². The molecule has 0 spiro atoms. The van der Waals surface area contributed by atoms with Gasteiger partial charge in [0.05, 0.1) is 11.7 Å². The summed E-state index contributed by atoms with van der Waals surface area (Å²) in [5, 5.41) is 12.8. The highest BCUT2D eigenvalue weighted by atomic mass is 16.3. The van der Waals surface area contributed by atoms with Crippen LogP contribution < -0.4 is 5.32 Å². The maximum atomic E-state index is 11.7. The number of hydrogen-bond donors (Lipinski definition) is 2. The first-order valence-corrected chi connectivity index (χ1v) is 6.68. The van der Waals surface area contributed by atoms with Crippen LogP contribution in [-0.4, -0.2) is 47.1 Å². The van der Waals surface area contributed by atoms with Gasteiger partial charge in [0.25, 0.3) is 5.91 Å². The lowest BCUT2D eigenvalue weighted by Gasteiger charge is -2.26. The number of rotatable bonds is 3. The van der Waals surface area contributed by atoms with Crippen molar-refractivity contribution >= 4 is 11.7 Å². The van der Waals surface area contributed by atoms with Gasteiger partial charge in [0, 0.05) is 26.3 Å². The van der Waals surface area contributed by atoms with Crippen LogP contribution in [0, 0.1) is 0 Å². The standard InChI is InChI=1S/C14H21N3O2/c1-17(2)14(19)10-3-8-13(15-9-10)16-11-4-6-12(18)7-5-11/h3,8-9,11-12,18H,4-7H2,1-2H3,(H,15,16). The summed E-state index contributed by atoms with van der Waals surface area (Å²) in [4.78, 5) is 17.5. The van der Waals surface area contributed by atoms with E-state index < -0.39 is 0 Å². The summed E-state index contributed by atoms with van der Waals surface area (Å²) < 4.78 is 0.